The number of likely N-dealkylation sites (tertiary alicyclic amines) is 1. The number of thiazole rings is 1. The van der Waals surface area contributed by atoms with E-state index in [2.05, 4.69) is 42.3 Å². The van der Waals surface area contributed by atoms with Crippen LogP contribution in [-0.4, -0.2) is 94.9 Å². The molecule has 3 N–H and O–H groups in total. The lowest BCUT2D eigenvalue weighted by atomic mass is 10.2. The Kier molecular flexibility index (Phi) is 11.5. The van der Waals surface area contributed by atoms with Crippen LogP contribution in [0, 0.1) is 5.82 Å². The molecule has 1 saturated heterocycles. The molecular formula is C32H40FN7O4S. The molecule has 1 atom stereocenters. The summed E-state index contributed by atoms with van der Waals surface area (Å²) < 4.78 is 25.3. The molecule has 13 heteroatoms. The number of likely N-dealkylation sites (N-methyl/N-ethyl adjacent to an activating group) is 1. The van der Waals surface area contributed by atoms with Crippen molar-refractivity contribution < 1.29 is 23.8 Å². The topological polar surface area (TPSA) is 125 Å². The van der Waals surface area contributed by atoms with Crippen molar-refractivity contribution in [2.24, 2.45) is 0 Å². The van der Waals surface area contributed by atoms with Gasteiger partial charge in [-0.25, -0.2) is 19.3 Å². The van der Waals surface area contributed by atoms with Gasteiger partial charge in [0.2, 0.25) is 5.91 Å². The minimum atomic E-state index is -0.412. The van der Waals surface area contributed by atoms with Crippen LogP contribution in [0.15, 0.2) is 48.9 Å². The van der Waals surface area contributed by atoms with E-state index in [4.69, 9.17) is 9.47 Å². The summed E-state index contributed by atoms with van der Waals surface area (Å²) in [4.78, 5) is 31.3. The fourth-order valence-corrected chi connectivity index (χ4v) is 6.39. The lowest BCUT2D eigenvalue weighted by Gasteiger charge is -2.29. The maximum Gasteiger partial charge on any atom is 0.229 e. The van der Waals surface area contributed by atoms with Gasteiger partial charge in [0.15, 0.2) is 16.6 Å². The molecule has 240 valence electrons. The average Bonchev–Trinajstić information content (AvgIpc) is 3.67. The van der Waals surface area contributed by atoms with E-state index >= 15 is 0 Å². The van der Waals surface area contributed by atoms with Crippen molar-refractivity contribution in [3.63, 3.8) is 0 Å². The molecule has 0 bridgehead atoms. The molecule has 5 rings (SSSR count). The Morgan fingerprint density at radius 1 is 1.22 bits per heavy atom. The van der Waals surface area contributed by atoms with Crippen molar-refractivity contribution >= 4 is 44.8 Å². The van der Waals surface area contributed by atoms with Crippen LogP contribution in [0.5, 0.6) is 11.5 Å². The molecule has 0 aliphatic carbocycles. The Labute approximate surface area is 266 Å². The van der Waals surface area contributed by atoms with Crippen LogP contribution in [-0.2, 0) is 11.2 Å². The summed E-state index contributed by atoms with van der Waals surface area (Å²) >= 11 is 1.33. The highest BCUT2D eigenvalue weighted by Gasteiger charge is 2.25. The molecule has 4 aromatic rings. The largest absolute Gasteiger partial charge is 0.493 e. The van der Waals surface area contributed by atoms with Crippen molar-refractivity contribution in [3.8, 4) is 11.5 Å². The minimum absolute atomic E-state index is 0.105. The van der Waals surface area contributed by atoms with E-state index < -0.39 is 5.82 Å². The number of halogens is 1. The van der Waals surface area contributed by atoms with Crippen LogP contribution in [0.1, 0.15) is 31.1 Å². The molecule has 0 spiro atoms. The van der Waals surface area contributed by atoms with Crippen LogP contribution in [0.4, 0.5) is 21.0 Å². The summed E-state index contributed by atoms with van der Waals surface area (Å²) in [6.45, 7) is 7.57. The number of hydrogen-bond acceptors (Lipinski definition) is 11. The van der Waals surface area contributed by atoms with Gasteiger partial charge in [0.05, 0.1) is 32.3 Å². The Bertz CT molecular complexity index is 1570. The number of aromatic nitrogens is 3. The molecular weight excluding hydrogens is 597 g/mol. The summed E-state index contributed by atoms with van der Waals surface area (Å²) in [5.74, 6) is 1.08. The van der Waals surface area contributed by atoms with Gasteiger partial charge in [-0.3, -0.25) is 14.6 Å². The predicted octanol–water partition coefficient (Wildman–Crippen LogP) is 4.71. The number of nitrogens with one attached hydrogen (secondary N) is 2. The smallest absolute Gasteiger partial charge is 0.229 e. The van der Waals surface area contributed by atoms with Gasteiger partial charge < -0.3 is 25.2 Å². The SMILES string of the molecule is CCN(CCO)C[C@@H]1CCCN1CCCOc1cc2ncnc(Nc3ncc(CC(=O)Nc4cccc(F)c4)s3)c2cc1OC. The molecule has 1 aliphatic rings. The number of fused-ring (bicyclic) bond motifs is 1. The summed E-state index contributed by atoms with van der Waals surface area (Å²) in [5, 5.41) is 16.6. The first-order valence-corrected chi connectivity index (χ1v) is 16.1. The van der Waals surface area contributed by atoms with Gasteiger partial charge in [0.1, 0.15) is 18.0 Å². The third kappa shape index (κ3) is 8.85. The van der Waals surface area contributed by atoms with E-state index in [0.29, 0.717) is 46.3 Å². The second-order valence-electron chi connectivity index (χ2n) is 10.9. The van der Waals surface area contributed by atoms with Crippen molar-refractivity contribution in [2.75, 3.05) is 63.7 Å². The molecule has 1 fully saturated rings. The van der Waals surface area contributed by atoms with E-state index in [9.17, 15) is 14.3 Å². The van der Waals surface area contributed by atoms with Crippen molar-refractivity contribution in [1.82, 2.24) is 24.8 Å². The maximum absolute atomic E-state index is 13.4. The number of aliphatic hydroxyl groups excluding tert-OH is 1. The number of methoxy groups -OCH3 is 1. The second kappa shape index (κ2) is 15.9. The molecule has 1 amide bonds. The molecule has 11 nitrogen and oxygen atoms in total. The maximum atomic E-state index is 13.4. The number of benzene rings is 2. The van der Waals surface area contributed by atoms with E-state index in [-0.39, 0.29) is 18.9 Å². The summed E-state index contributed by atoms with van der Waals surface area (Å²) in [6.07, 6.45) is 6.48. The predicted molar refractivity (Wildman–Crippen MR) is 174 cm³/mol. The standard InChI is InChI=1S/C32H40FN7O4S/c1-3-39(12-13-41)20-24-9-5-10-40(24)11-6-14-44-29-18-27-26(17-28(29)43-2)31(36-21-35-27)38-32-34-19-25(45-32)16-30(42)37-23-8-4-7-22(33)15-23/h4,7-8,15,17-19,21,24,41H,3,5-6,9-14,16,20H2,1-2H3,(H,37,42)(H,34,35,36,38)/t24-/m0/s1. The van der Waals surface area contributed by atoms with Gasteiger partial charge in [0.25, 0.3) is 0 Å². The lowest BCUT2D eigenvalue weighted by Crippen LogP contribution is -2.42. The Morgan fingerprint density at radius 2 is 2.11 bits per heavy atom. The van der Waals surface area contributed by atoms with Gasteiger partial charge >= 0.3 is 0 Å². The first-order chi connectivity index (χ1) is 21.9. The molecule has 3 heterocycles. The molecule has 2 aromatic carbocycles. The zero-order chi connectivity index (χ0) is 31.6. The third-order valence-corrected chi connectivity index (χ3v) is 8.73. The third-order valence-electron chi connectivity index (χ3n) is 7.82. The number of nitrogens with zero attached hydrogens (tertiary/aromatic N) is 5. The van der Waals surface area contributed by atoms with Gasteiger partial charge in [-0.15, -0.1) is 11.3 Å². The fraction of sp³-hybridized carbons (Fsp3) is 0.438. The minimum Gasteiger partial charge on any atom is -0.493 e. The van der Waals surface area contributed by atoms with Crippen LogP contribution in [0.2, 0.25) is 0 Å². The number of amides is 1. The average molecular weight is 638 g/mol. The number of carbonyl (C=O) groups is 1. The molecule has 0 unspecified atom stereocenters. The quantitative estimate of drug-likeness (QED) is 0.149. The van der Waals surface area contributed by atoms with Crippen molar-refractivity contribution in [3.05, 3.63) is 59.6 Å². The number of rotatable bonds is 16. The highest BCUT2D eigenvalue weighted by Crippen LogP contribution is 2.35. The summed E-state index contributed by atoms with van der Waals surface area (Å²) in [7, 11) is 1.60. The van der Waals surface area contributed by atoms with Crippen LogP contribution >= 0.6 is 11.3 Å². The normalized spacial score (nSPS) is 15.1. The zero-order valence-corrected chi connectivity index (χ0v) is 26.5. The second-order valence-corrected chi connectivity index (χ2v) is 12.0. The van der Waals surface area contributed by atoms with Crippen molar-refractivity contribution in [2.45, 2.75) is 38.6 Å². The number of carbonyl (C=O) groups excluding carboxylic acids is 1. The van der Waals surface area contributed by atoms with E-state index in [1.54, 1.807) is 25.4 Å². The first-order valence-electron chi connectivity index (χ1n) is 15.3. The Balaban J connectivity index is 1.17. The van der Waals surface area contributed by atoms with E-state index in [1.807, 2.05) is 12.1 Å². The molecule has 0 radical (unpaired) electrons. The van der Waals surface area contributed by atoms with Gasteiger partial charge in [-0.1, -0.05) is 13.0 Å². The highest BCUT2D eigenvalue weighted by atomic mass is 32.1. The first kappa shape index (κ1) is 32.5. The zero-order valence-electron chi connectivity index (χ0n) is 25.7. The molecule has 45 heavy (non-hydrogen) atoms. The van der Waals surface area contributed by atoms with Crippen LogP contribution < -0.4 is 20.1 Å². The number of aliphatic hydroxyl groups is 1. The van der Waals surface area contributed by atoms with Crippen LogP contribution in [0.25, 0.3) is 10.9 Å². The van der Waals surface area contributed by atoms with Gasteiger partial charge in [0, 0.05) is 53.9 Å². The molecule has 0 saturated carbocycles. The van der Waals surface area contributed by atoms with Crippen LogP contribution in [0.3, 0.4) is 0 Å². The van der Waals surface area contributed by atoms with Gasteiger partial charge in [-0.2, -0.15) is 0 Å². The fourth-order valence-electron chi connectivity index (χ4n) is 5.58. The number of hydrogen-bond donors (Lipinski definition) is 3. The van der Waals surface area contributed by atoms with E-state index in [1.165, 1.54) is 42.6 Å². The highest BCUT2D eigenvalue weighted by molar-refractivity contribution is 7.15. The van der Waals surface area contributed by atoms with Crippen molar-refractivity contribution in [1.29, 1.82) is 0 Å². The molecule has 2 aromatic heterocycles. The summed E-state index contributed by atoms with van der Waals surface area (Å²) in [5.41, 5.74) is 1.10. The Hall–Kier alpha value is -3.91. The Morgan fingerprint density at radius 3 is 2.91 bits per heavy atom. The lowest BCUT2D eigenvalue weighted by molar-refractivity contribution is -0.115. The molecule has 1 aliphatic heterocycles. The number of anilines is 3. The summed E-state index contributed by atoms with van der Waals surface area (Å²) in [6, 6.07) is 10.0. The monoisotopic (exact) mass is 637 g/mol. The number of ether oxygens (including phenoxy) is 2. The van der Waals surface area contributed by atoms with Gasteiger partial charge in [-0.05, 0) is 56.6 Å². The van der Waals surface area contributed by atoms with E-state index in [0.717, 1.165) is 49.4 Å².